The van der Waals surface area contributed by atoms with Crippen LogP contribution in [0.2, 0.25) is 0 Å². The van der Waals surface area contributed by atoms with Crippen LogP contribution in [0.25, 0.3) is 0 Å². The standard InChI is InChI=1S/C8H13N3O/c1-6(2)5-12-7-3-4-10-8(9)11-7/h3-4,6H,5H2,1-2H3,(H2,9,10,11). The van der Waals surface area contributed by atoms with Gasteiger partial charge in [0.05, 0.1) is 6.61 Å². The molecular weight excluding hydrogens is 154 g/mol. The summed E-state index contributed by atoms with van der Waals surface area (Å²) in [5, 5.41) is 0. The number of hydrogen-bond acceptors (Lipinski definition) is 4. The first-order valence-corrected chi connectivity index (χ1v) is 3.90. The number of nitrogens with two attached hydrogens (primary N) is 1. The molecule has 0 radical (unpaired) electrons. The van der Waals surface area contributed by atoms with E-state index in [9.17, 15) is 0 Å². The van der Waals surface area contributed by atoms with Crippen molar-refractivity contribution >= 4 is 5.95 Å². The Morgan fingerprint density at radius 1 is 1.58 bits per heavy atom. The van der Waals surface area contributed by atoms with Gasteiger partial charge in [-0.05, 0) is 5.92 Å². The van der Waals surface area contributed by atoms with Gasteiger partial charge in [0.2, 0.25) is 11.8 Å². The lowest BCUT2D eigenvalue weighted by Gasteiger charge is -2.06. The number of rotatable bonds is 3. The lowest BCUT2D eigenvalue weighted by molar-refractivity contribution is 0.261. The van der Waals surface area contributed by atoms with Crippen LogP contribution in [0.3, 0.4) is 0 Å². The van der Waals surface area contributed by atoms with Crippen molar-refractivity contribution in [2.24, 2.45) is 5.92 Å². The SMILES string of the molecule is CC(C)COc1ccnc(N)n1. The van der Waals surface area contributed by atoms with E-state index >= 15 is 0 Å². The van der Waals surface area contributed by atoms with E-state index in [0.29, 0.717) is 18.4 Å². The van der Waals surface area contributed by atoms with Gasteiger partial charge in [-0.2, -0.15) is 4.98 Å². The van der Waals surface area contributed by atoms with Crippen LogP contribution in [0.4, 0.5) is 5.95 Å². The van der Waals surface area contributed by atoms with E-state index in [2.05, 4.69) is 23.8 Å². The van der Waals surface area contributed by atoms with E-state index in [0.717, 1.165) is 0 Å². The molecule has 0 spiro atoms. The van der Waals surface area contributed by atoms with Gasteiger partial charge < -0.3 is 10.5 Å². The zero-order valence-corrected chi connectivity index (χ0v) is 7.32. The third-order valence-corrected chi connectivity index (χ3v) is 1.21. The molecule has 0 aromatic carbocycles. The van der Waals surface area contributed by atoms with Gasteiger partial charge in [0.25, 0.3) is 0 Å². The number of nitrogen functional groups attached to an aromatic ring is 1. The molecule has 4 heteroatoms. The van der Waals surface area contributed by atoms with Crippen molar-refractivity contribution in [2.45, 2.75) is 13.8 Å². The molecule has 1 heterocycles. The van der Waals surface area contributed by atoms with Crippen LogP contribution < -0.4 is 10.5 Å². The van der Waals surface area contributed by atoms with Gasteiger partial charge in [0, 0.05) is 12.3 Å². The van der Waals surface area contributed by atoms with Gasteiger partial charge in [0.15, 0.2) is 0 Å². The monoisotopic (exact) mass is 167 g/mol. The minimum atomic E-state index is 0.247. The third-order valence-electron chi connectivity index (χ3n) is 1.21. The maximum atomic E-state index is 5.36. The summed E-state index contributed by atoms with van der Waals surface area (Å²) in [6.07, 6.45) is 1.58. The molecule has 0 fully saturated rings. The molecule has 0 saturated heterocycles. The minimum absolute atomic E-state index is 0.247. The molecule has 1 aromatic rings. The molecule has 4 nitrogen and oxygen atoms in total. The van der Waals surface area contributed by atoms with Gasteiger partial charge in [-0.25, -0.2) is 4.98 Å². The first-order valence-electron chi connectivity index (χ1n) is 3.90. The summed E-state index contributed by atoms with van der Waals surface area (Å²) in [4.78, 5) is 7.64. The van der Waals surface area contributed by atoms with Gasteiger partial charge in [-0.15, -0.1) is 0 Å². The van der Waals surface area contributed by atoms with Crippen LogP contribution in [0.1, 0.15) is 13.8 Å². The summed E-state index contributed by atoms with van der Waals surface area (Å²) in [5.74, 6) is 1.27. The predicted octanol–water partition coefficient (Wildman–Crippen LogP) is 1.09. The van der Waals surface area contributed by atoms with E-state index in [4.69, 9.17) is 10.5 Å². The molecule has 12 heavy (non-hydrogen) atoms. The largest absolute Gasteiger partial charge is 0.477 e. The van der Waals surface area contributed by atoms with Crippen molar-refractivity contribution in [1.82, 2.24) is 9.97 Å². The summed E-state index contributed by atoms with van der Waals surface area (Å²) in [6.45, 7) is 4.80. The highest BCUT2D eigenvalue weighted by Gasteiger charge is 1.98. The number of nitrogens with zero attached hydrogens (tertiary/aromatic N) is 2. The van der Waals surface area contributed by atoms with Gasteiger partial charge >= 0.3 is 0 Å². The van der Waals surface area contributed by atoms with E-state index in [1.807, 2.05) is 0 Å². The van der Waals surface area contributed by atoms with Gasteiger partial charge in [-0.1, -0.05) is 13.8 Å². The second-order valence-electron chi connectivity index (χ2n) is 2.96. The Morgan fingerprint density at radius 3 is 2.92 bits per heavy atom. The second kappa shape index (κ2) is 3.90. The molecular formula is C8H13N3O. The smallest absolute Gasteiger partial charge is 0.223 e. The third kappa shape index (κ3) is 2.74. The first kappa shape index (κ1) is 8.77. The highest BCUT2D eigenvalue weighted by molar-refractivity contribution is 5.20. The fourth-order valence-electron chi connectivity index (χ4n) is 0.689. The minimum Gasteiger partial charge on any atom is -0.477 e. The first-order chi connectivity index (χ1) is 5.68. The Kier molecular flexibility index (Phi) is 2.85. The maximum absolute atomic E-state index is 5.36. The Hall–Kier alpha value is -1.32. The Bertz CT molecular complexity index is 250. The summed E-state index contributed by atoms with van der Waals surface area (Å²) in [6, 6.07) is 1.69. The van der Waals surface area contributed by atoms with Crippen LogP contribution in [0.5, 0.6) is 5.88 Å². The Morgan fingerprint density at radius 2 is 2.33 bits per heavy atom. The predicted molar refractivity (Wildman–Crippen MR) is 46.8 cm³/mol. The highest BCUT2D eigenvalue weighted by Crippen LogP contribution is 2.06. The maximum Gasteiger partial charge on any atom is 0.223 e. The Balaban J connectivity index is 2.52. The molecule has 66 valence electrons. The fourth-order valence-corrected chi connectivity index (χ4v) is 0.689. The highest BCUT2D eigenvalue weighted by atomic mass is 16.5. The number of anilines is 1. The number of ether oxygens (including phenoxy) is 1. The van der Waals surface area contributed by atoms with E-state index in [1.54, 1.807) is 12.3 Å². The number of hydrogen-bond donors (Lipinski definition) is 1. The lowest BCUT2D eigenvalue weighted by Crippen LogP contribution is -2.06. The molecule has 0 aliphatic heterocycles. The van der Waals surface area contributed by atoms with Crippen LogP contribution in [-0.2, 0) is 0 Å². The van der Waals surface area contributed by atoms with E-state index in [-0.39, 0.29) is 5.95 Å². The molecule has 0 aliphatic carbocycles. The lowest BCUT2D eigenvalue weighted by atomic mass is 10.2. The second-order valence-corrected chi connectivity index (χ2v) is 2.96. The van der Waals surface area contributed by atoms with E-state index < -0.39 is 0 Å². The van der Waals surface area contributed by atoms with Crippen LogP contribution in [0, 0.1) is 5.92 Å². The summed E-state index contributed by atoms with van der Waals surface area (Å²) < 4.78 is 5.32. The summed E-state index contributed by atoms with van der Waals surface area (Å²) >= 11 is 0. The normalized spacial score (nSPS) is 10.2. The summed E-state index contributed by atoms with van der Waals surface area (Å²) in [5.41, 5.74) is 5.36. The van der Waals surface area contributed by atoms with Crippen LogP contribution >= 0.6 is 0 Å². The molecule has 1 rings (SSSR count). The molecule has 0 atom stereocenters. The zero-order chi connectivity index (χ0) is 8.97. The zero-order valence-electron chi connectivity index (χ0n) is 7.32. The molecule has 0 amide bonds. The summed E-state index contributed by atoms with van der Waals surface area (Å²) in [7, 11) is 0. The molecule has 1 aromatic heterocycles. The molecule has 0 saturated carbocycles. The molecule has 0 unspecified atom stereocenters. The van der Waals surface area contributed by atoms with Crippen molar-refractivity contribution in [3.8, 4) is 5.88 Å². The van der Waals surface area contributed by atoms with Crippen molar-refractivity contribution in [2.75, 3.05) is 12.3 Å². The van der Waals surface area contributed by atoms with Crippen molar-refractivity contribution in [1.29, 1.82) is 0 Å². The topological polar surface area (TPSA) is 61.0 Å². The average Bonchev–Trinajstić information content (AvgIpc) is 2.01. The van der Waals surface area contributed by atoms with Crippen LogP contribution in [0.15, 0.2) is 12.3 Å². The van der Waals surface area contributed by atoms with Crippen LogP contribution in [-0.4, -0.2) is 16.6 Å². The van der Waals surface area contributed by atoms with Gasteiger partial charge in [0.1, 0.15) is 0 Å². The van der Waals surface area contributed by atoms with Crippen molar-refractivity contribution in [3.63, 3.8) is 0 Å². The van der Waals surface area contributed by atoms with E-state index in [1.165, 1.54) is 0 Å². The quantitative estimate of drug-likeness (QED) is 0.732. The van der Waals surface area contributed by atoms with Crippen molar-refractivity contribution in [3.05, 3.63) is 12.3 Å². The van der Waals surface area contributed by atoms with Gasteiger partial charge in [-0.3, -0.25) is 0 Å². The Labute approximate surface area is 71.8 Å². The molecule has 0 bridgehead atoms. The fraction of sp³-hybridized carbons (Fsp3) is 0.500. The molecule has 0 aliphatic rings. The van der Waals surface area contributed by atoms with Crippen molar-refractivity contribution < 1.29 is 4.74 Å². The number of aromatic nitrogens is 2. The average molecular weight is 167 g/mol. The molecule has 2 N–H and O–H groups in total.